The molecular weight excluding hydrogens is 698 g/mol. The maximum Gasteiger partial charge on any atom is 0.323 e. The molecular formula is C34H36ClN9O6S. The van der Waals surface area contributed by atoms with Crippen LogP contribution in [0.5, 0.6) is 5.75 Å². The first-order chi connectivity index (χ1) is 24.6. The molecule has 0 radical (unpaired) electrons. The zero-order valence-electron chi connectivity index (χ0n) is 27.3. The minimum Gasteiger partial charge on any atom is -0.490 e. The molecule has 3 atom stereocenters. The van der Waals surface area contributed by atoms with Gasteiger partial charge in [-0.1, -0.05) is 35.5 Å². The van der Waals surface area contributed by atoms with E-state index in [2.05, 4.69) is 22.1 Å². The molecule has 0 fully saturated rings. The highest BCUT2D eigenvalue weighted by Gasteiger charge is 2.25. The van der Waals surface area contributed by atoms with E-state index in [0.717, 1.165) is 5.56 Å². The van der Waals surface area contributed by atoms with Gasteiger partial charge < -0.3 is 47.3 Å². The molecule has 2 aromatic heterocycles. The Bertz CT molecular complexity index is 1890. The number of nitrogens with zero attached hydrogens (tertiary/aromatic N) is 4. The monoisotopic (exact) mass is 733 g/mol. The van der Waals surface area contributed by atoms with E-state index in [4.69, 9.17) is 58.9 Å². The number of nitriles is 2. The molecule has 2 heterocycles. The van der Waals surface area contributed by atoms with Crippen molar-refractivity contribution in [1.82, 2.24) is 9.97 Å². The third-order valence-electron chi connectivity index (χ3n) is 7.25. The van der Waals surface area contributed by atoms with Gasteiger partial charge >= 0.3 is 11.9 Å². The van der Waals surface area contributed by atoms with Crippen molar-refractivity contribution in [2.24, 2.45) is 22.9 Å². The minimum atomic E-state index is -1.03. The molecule has 4 rings (SSSR count). The molecule has 0 bridgehead atoms. The first-order valence-corrected chi connectivity index (χ1v) is 16.9. The van der Waals surface area contributed by atoms with Gasteiger partial charge in [-0.3, -0.25) is 9.59 Å². The van der Waals surface area contributed by atoms with E-state index in [1.54, 1.807) is 48.5 Å². The van der Waals surface area contributed by atoms with Crippen molar-refractivity contribution in [3.05, 3.63) is 76.6 Å². The number of oxazole rings is 1. The van der Waals surface area contributed by atoms with E-state index in [1.807, 2.05) is 0 Å². The number of nitrogen functional groups attached to an aromatic ring is 1. The Labute approximate surface area is 303 Å². The number of nitrogens with two attached hydrogens (primary N) is 5. The molecule has 266 valence electrons. The van der Waals surface area contributed by atoms with Crippen LogP contribution in [0.3, 0.4) is 0 Å². The molecule has 2 aromatic carbocycles. The van der Waals surface area contributed by atoms with Crippen LogP contribution < -0.4 is 33.4 Å². The number of hydrogen-bond donors (Lipinski definition) is 5. The summed E-state index contributed by atoms with van der Waals surface area (Å²) in [7, 11) is 0. The first-order valence-electron chi connectivity index (χ1n) is 15.6. The summed E-state index contributed by atoms with van der Waals surface area (Å²) in [4.78, 5) is 33.6. The molecule has 0 saturated heterocycles. The number of carbonyl (C=O) groups excluding carboxylic acids is 2. The van der Waals surface area contributed by atoms with Crippen molar-refractivity contribution in [3.63, 3.8) is 0 Å². The van der Waals surface area contributed by atoms with E-state index >= 15 is 0 Å². The van der Waals surface area contributed by atoms with Gasteiger partial charge in [-0.2, -0.15) is 10.5 Å². The Morgan fingerprint density at radius 1 is 0.882 bits per heavy atom. The number of esters is 2. The van der Waals surface area contributed by atoms with Crippen LogP contribution in [0.15, 0.2) is 64.2 Å². The summed E-state index contributed by atoms with van der Waals surface area (Å²) in [5.41, 5.74) is 31.1. The third-order valence-corrected chi connectivity index (χ3v) is 8.51. The van der Waals surface area contributed by atoms with Crippen LogP contribution in [0, 0.1) is 22.7 Å². The largest absolute Gasteiger partial charge is 0.490 e. The topological polar surface area (TPSA) is 278 Å². The lowest BCUT2D eigenvalue weighted by atomic mass is 9.97. The Balaban J connectivity index is 1.50. The van der Waals surface area contributed by atoms with Gasteiger partial charge in [0.1, 0.15) is 65.9 Å². The predicted molar refractivity (Wildman–Crippen MR) is 190 cm³/mol. The summed E-state index contributed by atoms with van der Waals surface area (Å²) in [5.74, 6) is -0.452. The highest BCUT2D eigenvalue weighted by atomic mass is 35.5. The molecule has 10 N–H and O–H groups in total. The number of pyridine rings is 1. The van der Waals surface area contributed by atoms with Crippen LogP contribution in [0.25, 0.3) is 22.6 Å². The summed E-state index contributed by atoms with van der Waals surface area (Å²) in [6.45, 7) is -0.196. The summed E-state index contributed by atoms with van der Waals surface area (Å²) in [5, 5.41) is 21.1. The molecule has 15 nitrogen and oxygen atoms in total. The quantitative estimate of drug-likeness (QED) is 0.0770. The van der Waals surface area contributed by atoms with E-state index in [9.17, 15) is 20.1 Å². The van der Waals surface area contributed by atoms with Gasteiger partial charge in [-0.05, 0) is 67.9 Å². The Hall–Kier alpha value is -5.20. The van der Waals surface area contributed by atoms with Crippen LogP contribution in [0.4, 0.5) is 5.82 Å². The van der Waals surface area contributed by atoms with Crippen LogP contribution in [-0.2, 0) is 24.8 Å². The van der Waals surface area contributed by atoms with E-state index in [1.165, 1.54) is 18.0 Å². The fourth-order valence-corrected chi connectivity index (χ4v) is 5.58. The number of anilines is 1. The standard InChI is InChI=1S/C34H36ClN9O6S/c35-21-5-1-20(2-6-21)31-43-22(15-48-31)18-51-32-26(14-39)29(25(13-38)30(42)44-32)19-3-7-23(8-4-19)47-16-24(50-34(46)28(41)10-12-37)17-49-33(45)27(40)9-11-36/h1-8,15,24,27-28H,9-12,16-18,36-37,40-41H2,(H2,42,44)/t24-,27-,28-/m0/s1. The second kappa shape index (κ2) is 18.7. The maximum absolute atomic E-state index is 12.5. The van der Waals surface area contributed by atoms with Crippen molar-refractivity contribution in [1.29, 1.82) is 10.5 Å². The van der Waals surface area contributed by atoms with Crippen molar-refractivity contribution in [3.8, 4) is 40.5 Å². The molecule has 4 aromatic rings. The minimum absolute atomic E-state index is 0.0338. The molecule has 0 aliphatic carbocycles. The van der Waals surface area contributed by atoms with Crippen molar-refractivity contribution < 1.29 is 28.2 Å². The second-order valence-electron chi connectivity index (χ2n) is 11.0. The van der Waals surface area contributed by atoms with Crippen LogP contribution in [-0.4, -0.2) is 66.4 Å². The third kappa shape index (κ3) is 10.4. The SMILES string of the molecule is N#Cc1c(N)nc(SCc2coc(-c3ccc(Cl)cc3)n2)c(C#N)c1-c1ccc(OC[C@@H](COC(=O)[C@@H](N)CCN)OC(=O)[C@@H](N)CCN)cc1. The summed E-state index contributed by atoms with van der Waals surface area (Å²) in [6.07, 6.45) is 0.884. The van der Waals surface area contributed by atoms with Crippen molar-refractivity contribution in [2.75, 3.05) is 32.0 Å². The average molecular weight is 734 g/mol. The van der Waals surface area contributed by atoms with E-state index < -0.39 is 30.1 Å². The van der Waals surface area contributed by atoms with Gasteiger partial charge in [0, 0.05) is 21.9 Å². The summed E-state index contributed by atoms with van der Waals surface area (Å²) in [6, 6.07) is 15.8. The van der Waals surface area contributed by atoms with Crippen LogP contribution in [0.1, 0.15) is 29.7 Å². The molecule has 0 spiro atoms. The number of ether oxygens (including phenoxy) is 3. The lowest BCUT2D eigenvalue weighted by molar-refractivity contribution is -0.162. The average Bonchev–Trinajstić information content (AvgIpc) is 3.61. The first kappa shape index (κ1) is 38.6. The zero-order chi connectivity index (χ0) is 36.9. The number of benzene rings is 2. The van der Waals surface area contributed by atoms with Crippen molar-refractivity contribution in [2.45, 2.75) is 41.8 Å². The lowest BCUT2D eigenvalue weighted by Gasteiger charge is -2.21. The highest BCUT2D eigenvalue weighted by molar-refractivity contribution is 7.98. The van der Waals surface area contributed by atoms with Crippen LogP contribution >= 0.6 is 23.4 Å². The van der Waals surface area contributed by atoms with Crippen LogP contribution in [0.2, 0.25) is 5.02 Å². The number of halogens is 1. The molecule has 0 amide bonds. The molecule has 17 heteroatoms. The fourth-order valence-electron chi connectivity index (χ4n) is 4.58. The van der Waals surface area contributed by atoms with Gasteiger partial charge in [0.25, 0.3) is 0 Å². The van der Waals surface area contributed by atoms with Gasteiger partial charge in [-0.15, -0.1) is 0 Å². The Kier molecular flexibility index (Phi) is 14.2. The number of rotatable bonds is 17. The highest BCUT2D eigenvalue weighted by Crippen LogP contribution is 2.37. The Morgan fingerprint density at radius 2 is 1.51 bits per heavy atom. The predicted octanol–water partition coefficient (Wildman–Crippen LogP) is 2.86. The van der Waals surface area contributed by atoms with E-state index in [0.29, 0.717) is 44.3 Å². The van der Waals surface area contributed by atoms with Gasteiger partial charge in [0.05, 0.1) is 11.3 Å². The molecule has 0 aliphatic heterocycles. The molecule has 51 heavy (non-hydrogen) atoms. The fraction of sp³-hybridized carbons (Fsp3) is 0.294. The summed E-state index contributed by atoms with van der Waals surface area (Å²) >= 11 is 7.19. The summed E-state index contributed by atoms with van der Waals surface area (Å²) < 4.78 is 22.1. The normalized spacial score (nSPS) is 12.6. The number of aromatic nitrogens is 2. The smallest absolute Gasteiger partial charge is 0.323 e. The van der Waals surface area contributed by atoms with Gasteiger partial charge in [-0.25, -0.2) is 9.97 Å². The maximum atomic E-state index is 12.5. The molecule has 0 unspecified atom stereocenters. The Morgan fingerprint density at radius 3 is 2.14 bits per heavy atom. The van der Waals surface area contributed by atoms with Gasteiger partial charge in [0.2, 0.25) is 5.89 Å². The van der Waals surface area contributed by atoms with Gasteiger partial charge in [0.15, 0.2) is 6.10 Å². The number of carbonyl (C=O) groups is 2. The second-order valence-corrected chi connectivity index (χ2v) is 12.4. The molecule has 0 aliphatic rings. The number of hydrogen-bond acceptors (Lipinski definition) is 16. The number of thioether (sulfide) groups is 1. The van der Waals surface area contributed by atoms with Crippen molar-refractivity contribution >= 4 is 41.1 Å². The van der Waals surface area contributed by atoms with E-state index in [-0.39, 0.29) is 56.1 Å². The lowest BCUT2D eigenvalue weighted by Crippen LogP contribution is -2.41. The zero-order valence-corrected chi connectivity index (χ0v) is 28.9. The molecule has 0 saturated carbocycles.